The molecule has 0 spiro atoms. The minimum absolute atomic E-state index is 0.0889. The van der Waals surface area contributed by atoms with E-state index in [-0.39, 0.29) is 6.10 Å². The molecule has 1 fully saturated rings. The highest BCUT2D eigenvalue weighted by molar-refractivity contribution is 7.13. The van der Waals surface area contributed by atoms with E-state index < -0.39 is 0 Å². The normalized spacial score (nSPS) is 25.0. The molecule has 17 heavy (non-hydrogen) atoms. The fourth-order valence-corrected chi connectivity index (χ4v) is 3.33. The molecule has 2 heterocycles. The summed E-state index contributed by atoms with van der Waals surface area (Å²) in [6.45, 7) is 0. The summed E-state index contributed by atoms with van der Waals surface area (Å²) in [5.74, 6) is 0.544. The van der Waals surface area contributed by atoms with Gasteiger partial charge in [-0.3, -0.25) is 0 Å². The zero-order chi connectivity index (χ0) is 11.7. The topological polar surface area (TPSA) is 48.9 Å². The van der Waals surface area contributed by atoms with Gasteiger partial charge in [-0.15, -0.1) is 11.3 Å². The predicted molar refractivity (Wildman–Crippen MR) is 69.1 cm³/mol. The lowest BCUT2D eigenvalue weighted by Gasteiger charge is -2.23. The number of nitrogens with one attached hydrogen (secondary N) is 1. The van der Waals surface area contributed by atoms with Gasteiger partial charge in [0.2, 0.25) is 0 Å². The quantitative estimate of drug-likeness (QED) is 0.857. The Morgan fingerprint density at radius 3 is 2.82 bits per heavy atom. The van der Waals surface area contributed by atoms with E-state index in [4.69, 9.17) is 4.98 Å². The maximum Gasteiger partial charge on any atom is 0.125 e. The second-order valence-electron chi connectivity index (χ2n) is 4.68. The molecule has 0 atom stereocenters. The van der Waals surface area contributed by atoms with Crippen LogP contribution in [0.3, 0.4) is 0 Å². The Morgan fingerprint density at radius 2 is 2.12 bits per heavy atom. The van der Waals surface area contributed by atoms with Crippen molar-refractivity contribution in [3.05, 3.63) is 29.5 Å². The Hall–Kier alpha value is -1.13. The van der Waals surface area contributed by atoms with E-state index in [2.05, 4.69) is 10.4 Å². The molecule has 0 radical (unpaired) electrons. The fraction of sp³-hybridized carbons (Fsp3) is 0.462. The van der Waals surface area contributed by atoms with Crippen LogP contribution in [0.15, 0.2) is 23.8 Å². The van der Waals surface area contributed by atoms with Gasteiger partial charge in [-0.05, 0) is 31.7 Å². The van der Waals surface area contributed by atoms with E-state index in [0.717, 1.165) is 36.3 Å². The molecule has 1 aliphatic carbocycles. The molecule has 2 aromatic heterocycles. The summed E-state index contributed by atoms with van der Waals surface area (Å²) in [6, 6.07) is 2.05. The minimum Gasteiger partial charge on any atom is -0.393 e. The van der Waals surface area contributed by atoms with Crippen molar-refractivity contribution in [1.29, 1.82) is 0 Å². The molecule has 3 nitrogen and oxygen atoms in total. The van der Waals surface area contributed by atoms with Crippen LogP contribution in [0.5, 0.6) is 0 Å². The fourth-order valence-electron chi connectivity index (χ4n) is 2.43. The van der Waals surface area contributed by atoms with Crippen LogP contribution in [0.1, 0.15) is 37.3 Å². The van der Waals surface area contributed by atoms with Gasteiger partial charge in [0.05, 0.1) is 11.8 Å². The molecular weight excluding hydrogens is 232 g/mol. The molecule has 4 heteroatoms. The van der Waals surface area contributed by atoms with Gasteiger partial charge in [0.1, 0.15) is 5.01 Å². The highest BCUT2D eigenvalue weighted by Crippen LogP contribution is 2.35. The molecule has 0 saturated heterocycles. The third-order valence-corrected chi connectivity index (χ3v) is 4.39. The van der Waals surface area contributed by atoms with E-state index >= 15 is 0 Å². The van der Waals surface area contributed by atoms with Crippen LogP contribution < -0.4 is 0 Å². The summed E-state index contributed by atoms with van der Waals surface area (Å²) < 4.78 is 0. The van der Waals surface area contributed by atoms with Crippen LogP contribution in [-0.4, -0.2) is 21.2 Å². The van der Waals surface area contributed by atoms with Gasteiger partial charge in [-0.2, -0.15) is 0 Å². The Bertz CT molecular complexity index is 469. The maximum atomic E-state index is 9.51. The van der Waals surface area contributed by atoms with Gasteiger partial charge in [0, 0.05) is 29.3 Å². The molecule has 0 bridgehead atoms. The summed E-state index contributed by atoms with van der Waals surface area (Å²) in [4.78, 5) is 7.77. The van der Waals surface area contributed by atoms with Gasteiger partial charge >= 0.3 is 0 Å². The van der Waals surface area contributed by atoms with Gasteiger partial charge < -0.3 is 10.1 Å². The van der Waals surface area contributed by atoms with Crippen LogP contribution in [-0.2, 0) is 0 Å². The first kappa shape index (κ1) is 11.0. The number of rotatable bonds is 2. The second-order valence-corrected chi connectivity index (χ2v) is 5.54. The van der Waals surface area contributed by atoms with Crippen molar-refractivity contribution in [3.63, 3.8) is 0 Å². The van der Waals surface area contributed by atoms with Gasteiger partial charge in [-0.25, -0.2) is 4.98 Å². The smallest absolute Gasteiger partial charge is 0.125 e. The van der Waals surface area contributed by atoms with Crippen LogP contribution >= 0.6 is 11.3 Å². The number of hydrogen-bond donors (Lipinski definition) is 2. The average molecular weight is 248 g/mol. The molecular formula is C13H16N2OS. The van der Waals surface area contributed by atoms with Crippen LogP contribution in [0, 0.1) is 0 Å². The lowest BCUT2D eigenvalue weighted by Crippen LogP contribution is -2.17. The lowest BCUT2D eigenvalue weighted by atomic mass is 9.86. The van der Waals surface area contributed by atoms with E-state index in [0.29, 0.717) is 5.92 Å². The Balaban J connectivity index is 1.76. The summed E-state index contributed by atoms with van der Waals surface area (Å²) in [7, 11) is 0. The third kappa shape index (κ3) is 2.28. The van der Waals surface area contributed by atoms with Crippen molar-refractivity contribution in [1.82, 2.24) is 9.97 Å². The summed E-state index contributed by atoms with van der Waals surface area (Å²) >= 11 is 1.71. The molecule has 0 unspecified atom stereocenters. The number of thiazole rings is 1. The monoisotopic (exact) mass is 248 g/mol. The van der Waals surface area contributed by atoms with Gasteiger partial charge in [0.25, 0.3) is 0 Å². The van der Waals surface area contributed by atoms with Crippen LogP contribution in [0.4, 0.5) is 0 Å². The van der Waals surface area contributed by atoms with Crippen molar-refractivity contribution < 1.29 is 5.11 Å². The molecule has 1 aliphatic rings. The number of nitrogens with zero attached hydrogens (tertiary/aromatic N) is 1. The Kier molecular flexibility index (Phi) is 2.99. The van der Waals surface area contributed by atoms with Gasteiger partial charge in [-0.1, -0.05) is 0 Å². The minimum atomic E-state index is -0.0889. The molecule has 90 valence electrons. The molecule has 2 aromatic rings. The number of H-pyrrole nitrogens is 1. The number of aliphatic hydroxyl groups excluding tert-OH is 1. The highest BCUT2D eigenvalue weighted by atomic mass is 32.1. The lowest BCUT2D eigenvalue weighted by molar-refractivity contribution is 0.122. The third-order valence-electron chi connectivity index (χ3n) is 3.48. The van der Waals surface area contributed by atoms with Crippen molar-refractivity contribution in [2.45, 2.75) is 37.7 Å². The van der Waals surface area contributed by atoms with E-state index in [9.17, 15) is 5.11 Å². The van der Waals surface area contributed by atoms with Gasteiger partial charge in [0.15, 0.2) is 0 Å². The van der Waals surface area contributed by atoms with Crippen molar-refractivity contribution >= 4 is 11.3 Å². The maximum absolute atomic E-state index is 9.51. The van der Waals surface area contributed by atoms with E-state index in [1.54, 1.807) is 11.3 Å². The molecule has 3 rings (SSSR count). The van der Waals surface area contributed by atoms with E-state index in [1.807, 2.05) is 18.5 Å². The molecule has 0 amide bonds. The molecule has 2 N–H and O–H groups in total. The first-order chi connectivity index (χ1) is 8.33. The SMILES string of the molecule is OC1CCC(c2csc(-c3cc[nH]c3)n2)CC1. The first-order valence-corrected chi connectivity index (χ1v) is 6.97. The standard InChI is InChI=1S/C13H16N2OS/c16-11-3-1-9(2-4-11)12-8-17-13(15-12)10-5-6-14-7-10/h5-9,11,14,16H,1-4H2. The largest absolute Gasteiger partial charge is 0.393 e. The summed E-state index contributed by atoms with van der Waals surface area (Å²) in [6.07, 6.45) is 7.79. The van der Waals surface area contributed by atoms with Crippen molar-refractivity contribution in [2.24, 2.45) is 0 Å². The second kappa shape index (κ2) is 4.63. The molecule has 0 aliphatic heterocycles. The van der Waals surface area contributed by atoms with Crippen molar-refractivity contribution in [3.8, 4) is 10.6 Å². The first-order valence-electron chi connectivity index (χ1n) is 6.09. The predicted octanol–water partition coefficient (Wildman–Crippen LogP) is 3.16. The van der Waals surface area contributed by atoms with Crippen molar-refractivity contribution in [2.75, 3.05) is 0 Å². The zero-order valence-electron chi connectivity index (χ0n) is 9.60. The summed E-state index contributed by atoms with van der Waals surface area (Å²) in [5, 5.41) is 12.8. The number of aliphatic hydroxyl groups is 1. The summed E-state index contributed by atoms with van der Waals surface area (Å²) in [5.41, 5.74) is 2.37. The highest BCUT2D eigenvalue weighted by Gasteiger charge is 2.22. The Morgan fingerprint density at radius 1 is 1.29 bits per heavy atom. The average Bonchev–Trinajstić information content (AvgIpc) is 3.00. The zero-order valence-corrected chi connectivity index (χ0v) is 10.4. The molecule has 1 saturated carbocycles. The number of hydrogen-bond acceptors (Lipinski definition) is 3. The number of aromatic amines is 1. The number of aromatic nitrogens is 2. The van der Waals surface area contributed by atoms with Crippen LogP contribution in [0.2, 0.25) is 0 Å². The molecule has 0 aromatic carbocycles. The van der Waals surface area contributed by atoms with E-state index in [1.165, 1.54) is 5.69 Å². The van der Waals surface area contributed by atoms with Crippen LogP contribution in [0.25, 0.3) is 10.6 Å². The Labute approximate surface area is 105 Å².